The Morgan fingerprint density at radius 2 is 1.72 bits per heavy atom. The molecule has 39 heavy (non-hydrogen) atoms. The highest BCUT2D eigenvalue weighted by atomic mass is 16.7. The number of hydrogen-bond donors (Lipinski definition) is 4. The van der Waals surface area contributed by atoms with Gasteiger partial charge in [-0.25, -0.2) is 0 Å². The summed E-state index contributed by atoms with van der Waals surface area (Å²) in [7, 11) is 0. The first-order chi connectivity index (χ1) is 18.6. The molecule has 16 unspecified atom stereocenters. The average molecular weight is 545 g/mol. The largest absolute Gasteiger partial charge is 0.394 e. The second-order valence-corrected chi connectivity index (χ2v) is 15.6. The third-order valence-corrected chi connectivity index (χ3v) is 14.2. The summed E-state index contributed by atoms with van der Waals surface area (Å²) < 4.78 is 11.9. The van der Waals surface area contributed by atoms with Crippen LogP contribution in [0.25, 0.3) is 0 Å². The van der Waals surface area contributed by atoms with Gasteiger partial charge in [0.1, 0.15) is 30.5 Å². The minimum atomic E-state index is -0.848. The maximum atomic E-state index is 12.2. The van der Waals surface area contributed by atoms with Crippen LogP contribution in [-0.4, -0.2) is 69.8 Å². The van der Waals surface area contributed by atoms with Crippen molar-refractivity contribution >= 4 is 0 Å². The number of ether oxygens (including phenoxy) is 2. The minimum absolute atomic E-state index is 0.147. The number of rotatable bonds is 3. The monoisotopic (exact) mass is 544 g/mol. The van der Waals surface area contributed by atoms with E-state index >= 15 is 0 Å². The molecule has 0 amide bonds. The maximum absolute atomic E-state index is 12.2. The van der Waals surface area contributed by atoms with Crippen LogP contribution in [0.3, 0.4) is 0 Å². The van der Waals surface area contributed by atoms with Crippen molar-refractivity contribution in [3.8, 4) is 0 Å². The van der Waals surface area contributed by atoms with Crippen molar-refractivity contribution in [2.45, 2.75) is 135 Å². The average Bonchev–Trinajstić information content (AvgIpc) is 3.72. The molecule has 0 spiro atoms. The first kappa shape index (κ1) is 27.3. The Kier molecular flexibility index (Phi) is 6.48. The summed E-state index contributed by atoms with van der Waals surface area (Å²) in [6.45, 7) is 9.67. The van der Waals surface area contributed by atoms with Crippen molar-refractivity contribution in [2.24, 2.45) is 51.8 Å². The molecule has 6 fully saturated rings. The fourth-order valence-electron chi connectivity index (χ4n) is 12.2. The van der Waals surface area contributed by atoms with E-state index in [-0.39, 0.29) is 41.2 Å². The Morgan fingerprint density at radius 3 is 2.49 bits per heavy atom. The number of aliphatic hydroxyl groups is 4. The van der Waals surface area contributed by atoms with Crippen LogP contribution < -0.4 is 0 Å². The van der Waals surface area contributed by atoms with Gasteiger partial charge >= 0.3 is 0 Å². The third-order valence-electron chi connectivity index (χ3n) is 14.2. The molecule has 6 nitrogen and oxygen atoms in total. The van der Waals surface area contributed by atoms with Crippen molar-refractivity contribution < 1.29 is 29.9 Å². The van der Waals surface area contributed by atoms with Gasteiger partial charge in [0.2, 0.25) is 0 Å². The van der Waals surface area contributed by atoms with Crippen LogP contribution in [-0.2, 0) is 9.47 Å². The molecule has 2 saturated heterocycles. The van der Waals surface area contributed by atoms with E-state index in [0.29, 0.717) is 35.5 Å². The highest BCUT2D eigenvalue weighted by Crippen LogP contribution is 2.71. The number of aliphatic hydroxyl groups excluding tert-OH is 4. The van der Waals surface area contributed by atoms with Gasteiger partial charge in [0, 0.05) is 5.41 Å². The number of allylic oxidation sites excluding steroid dienone is 2. The molecular weight excluding hydrogens is 492 g/mol. The Morgan fingerprint density at radius 1 is 0.949 bits per heavy atom. The second-order valence-electron chi connectivity index (χ2n) is 15.6. The van der Waals surface area contributed by atoms with E-state index < -0.39 is 24.4 Å². The molecule has 0 aromatic rings. The molecular formula is C33H52O6. The quantitative estimate of drug-likeness (QED) is 0.313. The fourth-order valence-corrected chi connectivity index (χ4v) is 12.2. The van der Waals surface area contributed by atoms with Crippen LogP contribution in [0.15, 0.2) is 11.6 Å². The topological polar surface area (TPSA) is 103 Å². The molecule has 6 heteroatoms. The molecule has 4 saturated carbocycles. The van der Waals surface area contributed by atoms with Gasteiger partial charge < -0.3 is 29.9 Å². The van der Waals surface area contributed by atoms with Crippen LogP contribution in [0.2, 0.25) is 0 Å². The molecule has 5 aliphatic carbocycles. The number of hydrogen-bond acceptors (Lipinski definition) is 6. The van der Waals surface area contributed by atoms with Crippen molar-refractivity contribution in [3.63, 3.8) is 0 Å². The van der Waals surface area contributed by atoms with E-state index in [0.717, 1.165) is 44.9 Å². The molecule has 2 aliphatic heterocycles. The lowest BCUT2D eigenvalue weighted by molar-refractivity contribution is -0.211. The van der Waals surface area contributed by atoms with E-state index in [9.17, 15) is 20.4 Å². The molecule has 0 bridgehead atoms. The van der Waals surface area contributed by atoms with Crippen LogP contribution >= 0.6 is 0 Å². The van der Waals surface area contributed by atoms with Crippen molar-refractivity contribution in [1.82, 2.24) is 0 Å². The predicted molar refractivity (Wildman–Crippen MR) is 148 cm³/mol. The normalized spacial score (nSPS) is 59.0. The summed E-state index contributed by atoms with van der Waals surface area (Å²) in [4.78, 5) is 0. The highest BCUT2D eigenvalue weighted by Gasteiger charge is 2.66. The Balaban J connectivity index is 1.23. The van der Waals surface area contributed by atoms with E-state index in [1.54, 1.807) is 5.57 Å². The van der Waals surface area contributed by atoms with Gasteiger partial charge in [-0.15, -0.1) is 0 Å². The summed E-state index contributed by atoms with van der Waals surface area (Å²) in [6, 6.07) is 0. The van der Waals surface area contributed by atoms with Gasteiger partial charge in [0.05, 0.1) is 18.8 Å². The van der Waals surface area contributed by atoms with Gasteiger partial charge in [0.15, 0.2) is 0 Å². The predicted octanol–water partition coefficient (Wildman–Crippen LogP) is 4.23. The Hall–Kier alpha value is -0.500. The van der Waals surface area contributed by atoms with Gasteiger partial charge in [0.25, 0.3) is 0 Å². The summed E-state index contributed by atoms with van der Waals surface area (Å²) in [5.41, 5.74) is 1.83. The van der Waals surface area contributed by atoms with Crippen molar-refractivity contribution in [3.05, 3.63) is 11.6 Å². The zero-order valence-electron chi connectivity index (χ0n) is 24.5. The van der Waals surface area contributed by atoms with Gasteiger partial charge in [-0.3, -0.25) is 0 Å². The highest BCUT2D eigenvalue weighted by molar-refractivity contribution is 5.30. The van der Waals surface area contributed by atoms with Gasteiger partial charge in [-0.2, -0.15) is 0 Å². The molecule has 220 valence electrons. The minimum Gasteiger partial charge on any atom is -0.394 e. The SMILES string of the molecule is CC1CCCC2(C(O)C3OC(CO)C4OC4C3O)CCC3C(=CCC4C3(C)CCC3C(C)C(O)CCC34C)C12. The summed E-state index contributed by atoms with van der Waals surface area (Å²) in [5, 5.41) is 43.9. The third kappa shape index (κ3) is 3.67. The van der Waals surface area contributed by atoms with Crippen molar-refractivity contribution in [2.75, 3.05) is 6.61 Å². The summed E-state index contributed by atoms with van der Waals surface area (Å²) >= 11 is 0. The van der Waals surface area contributed by atoms with Gasteiger partial charge in [-0.1, -0.05) is 52.2 Å². The van der Waals surface area contributed by atoms with Crippen LogP contribution in [0.1, 0.15) is 91.9 Å². The zero-order chi connectivity index (χ0) is 27.5. The fraction of sp³-hybridized carbons (Fsp3) is 0.939. The maximum Gasteiger partial charge on any atom is 0.115 e. The lowest BCUT2D eigenvalue weighted by Crippen LogP contribution is -2.63. The Labute approximate surface area is 234 Å². The molecule has 16 atom stereocenters. The molecule has 2 heterocycles. The molecule has 7 aliphatic rings. The van der Waals surface area contributed by atoms with E-state index in [4.69, 9.17) is 9.47 Å². The smallest absolute Gasteiger partial charge is 0.115 e. The van der Waals surface area contributed by atoms with Gasteiger partial charge in [-0.05, 0) is 97.7 Å². The second kappa shape index (κ2) is 9.25. The van der Waals surface area contributed by atoms with E-state index in [1.807, 2.05) is 0 Å². The lowest BCUT2D eigenvalue weighted by Gasteiger charge is -2.67. The molecule has 0 radical (unpaired) electrons. The number of fused-ring (bicyclic) bond motifs is 8. The van der Waals surface area contributed by atoms with Crippen LogP contribution in [0.5, 0.6) is 0 Å². The number of epoxide rings is 1. The first-order valence-corrected chi connectivity index (χ1v) is 16.2. The molecule has 0 aromatic carbocycles. The van der Waals surface area contributed by atoms with Crippen LogP contribution in [0.4, 0.5) is 0 Å². The van der Waals surface area contributed by atoms with E-state index in [2.05, 4.69) is 33.8 Å². The first-order valence-electron chi connectivity index (χ1n) is 16.2. The molecule has 7 rings (SSSR count). The van der Waals surface area contributed by atoms with E-state index in [1.165, 1.54) is 19.3 Å². The van der Waals surface area contributed by atoms with Crippen molar-refractivity contribution in [1.29, 1.82) is 0 Å². The molecule has 4 N–H and O–H groups in total. The summed E-state index contributed by atoms with van der Waals surface area (Å²) in [5.74, 6) is 2.95. The lowest BCUT2D eigenvalue weighted by atomic mass is 9.38. The molecule has 0 aromatic heterocycles. The zero-order valence-corrected chi connectivity index (χ0v) is 24.5. The van der Waals surface area contributed by atoms with Crippen LogP contribution in [0, 0.1) is 51.8 Å². The standard InChI is InChI=1S/C33H52O6/c1-17-6-5-12-33(30(37)29-26(36)28-27(39-28)23(16-34)38-29)15-10-21-19(25(17)33)7-8-24-31(3)14-11-22(35)18(2)20(31)9-13-32(21,24)4/h7,17-18,20-30,34-37H,5-6,8-16H2,1-4H3. The summed E-state index contributed by atoms with van der Waals surface area (Å²) in [6.07, 6.45) is 10.0. The Bertz CT molecular complexity index is 999.